The first-order valence-electron chi connectivity index (χ1n) is 8.76. The summed E-state index contributed by atoms with van der Waals surface area (Å²) in [6.45, 7) is 5.70. The van der Waals surface area contributed by atoms with E-state index in [1.165, 1.54) is 32.1 Å². The molecule has 0 amide bonds. The lowest BCUT2D eigenvalue weighted by Gasteiger charge is -2.58. The first kappa shape index (κ1) is 21.0. The number of aliphatic imine (C=N–C) groups is 1. The number of methoxy groups -OCH3 is 1. The predicted octanol–water partition coefficient (Wildman–Crippen LogP) is 2.93. The van der Waals surface area contributed by atoms with Gasteiger partial charge in [0, 0.05) is 38.3 Å². The molecule has 2 aliphatic rings. The third-order valence-corrected chi connectivity index (χ3v) is 5.27. The van der Waals surface area contributed by atoms with E-state index in [-0.39, 0.29) is 30.0 Å². The summed E-state index contributed by atoms with van der Waals surface area (Å²) in [7, 11) is 3.56. The van der Waals surface area contributed by atoms with Crippen LogP contribution >= 0.6 is 24.0 Å². The van der Waals surface area contributed by atoms with Crippen LogP contribution in [0.25, 0.3) is 0 Å². The molecule has 23 heavy (non-hydrogen) atoms. The Morgan fingerprint density at radius 1 is 1.30 bits per heavy atom. The molecule has 2 fully saturated rings. The smallest absolute Gasteiger partial charge is 0.191 e. The molecule has 1 spiro atoms. The van der Waals surface area contributed by atoms with Crippen molar-refractivity contribution in [1.29, 1.82) is 0 Å². The van der Waals surface area contributed by atoms with Crippen molar-refractivity contribution in [3.05, 3.63) is 0 Å². The Hall–Kier alpha value is -0.0800. The van der Waals surface area contributed by atoms with Crippen LogP contribution in [0.2, 0.25) is 0 Å². The van der Waals surface area contributed by atoms with Gasteiger partial charge in [0.05, 0.1) is 12.7 Å². The van der Waals surface area contributed by atoms with Gasteiger partial charge < -0.3 is 20.1 Å². The van der Waals surface area contributed by atoms with Crippen molar-refractivity contribution < 1.29 is 9.47 Å². The lowest BCUT2D eigenvalue weighted by Crippen LogP contribution is -2.67. The summed E-state index contributed by atoms with van der Waals surface area (Å²) in [5.41, 5.74) is 0.316. The van der Waals surface area contributed by atoms with Gasteiger partial charge in [-0.3, -0.25) is 4.99 Å². The molecule has 3 unspecified atom stereocenters. The van der Waals surface area contributed by atoms with Crippen LogP contribution in [-0.4, -0.2) is 51.5 Å². The third kappa shape index (κ3) is 4.95. The van der Waals surface area contributed by atoms with E-state index in [1.807, 2.05) is 7.05 Å². The lowest BCUT2D eigenvalue weighted by molar-refractivity contribution is -0.145. The van der Waals surface area contributed by atoms with Gasteiger partial charge in [-0.2, -0.15) is 0 Å². The zero-order valence-corrected chi connectivity index (χ0v) is 17.4. The summed E-state index contributed by atoms with van der Waals surface area (Å²) in [4.78, 5) is 4.38. The maximum absolute atomic E-state index is 6.02. The van der Waals surface area contributed by atoms with E-state index in [9.17, 15) is 0 Å². The fourth-order valence-electron chi connectivity index (χ4n) is 4.13. The van der Waals surface area contributed by atoms with E-state index >= 15 is 0 Å². The van der Waals surface area contributed by atoms with E-state index in [0.717, 1.165) is 19.0 Å². The molecule has 0 bridgehead atoms. The van der Waals surface area contributed by atoms with Crippen molar-refractivity contribution in [1.82, 2.24) is 10.6 Å². The second kappa shape index (κ2) is 10.0. The van der Waals surface area contributed by atoms with Gasteiger partial charge in [0.1, 0.15) is 0 Å². The molecule has 3 atom stereocenters. The highest BCUT2D eigenvalue weighted by Gasteiger charge is 2.55. The Labute approximate surface area is 158 Å². The van der Waals surface area contributed by atoms with Gasteiger partial charge in [0.25, 0.3) is 0 Å². The first-order chi connectivity index (χ1) is 10.7. The van der Waals surface area contributed by atoms with Crippen LogP contribution in [-0.2, 0) is 9.47 Å². The number of ether oxygens (including phenoxy) is 2. The van der Waals surface area contributed by atoms with Crippen molar-refractivity contribution in [3.8, 4) is 0 Å². The Balaban J connectivity index is 0.00000264. The number of guanidine groups is 1. The second-order valence-corrected chi connectivity index (χ2v) is 6.74. The van der Waals surface area contributed by atoms with E-state index in [2.05, 4.69) is 29.5 Å². The molecular weight excluding hydrogens is 405 g/mol. The molecule has 0 aliphatic heterocycles. The van der Waals surface area contributed by atoms with Crippen LogP contribution < -0.4 is 10.6 Å². The molecule has 2 rings (SSSR count). The molecular formula is C17H34IN3O2. The number of nitrogens with zero attached hydrogens (tertiary/aromatic N) is 1. The van der Waals surface area contributed by atoms with E-state index in [0.29, 0.717) is 24.2 Å². The van der Waals surface area contributed by atoms with E-state index in [1.54, 1.807) is 7.11 Å². The summed E-state index contributed by atoms with van der Waals surface area (Å²) < 4.78 is 11.2. The van der Waals surface area contributed by atoms with Gasteiger partial charge in [0.15, 0.2) is 5.96 Å². The average Bonchev–Trinajstić information content (AvgIpc) is 2.53. The standard InChI is InChI=1S/C17H33N3O2.HI/c1-5-22-15-11-14(17(15)9-7-6-8-10-17)20-16(18-3)19-13(2)12-21-4;/h13-15H,5-12H2,1-4H3,(H2,18,19,20);1H. The van der Waals surface area contributed by atoms with Gasteiger partial charge in [-0.1, -0.05) is 19.3 Å². The van der Waals surface area contributed by atoms with Crippen molar-refractivity contribution in [2.75, 3.05) is 27.4 Å². The lowest BCUT2D eigenvalue weighted by atomic mass is 9.55. The van der Waals surface area contributed by atoms with Crippen LogP contribution in [0.4, 0.5) is 0 Å². The topological polar surface area (TPSA) is 54.9 Å². The zero-order chi connectivity index (χ0) is 16.0. The average molecular weight is 439 g/mol. The Bertz CT molecular complexity index is 373. The minimum absolute atomic E-state index is 0. The Morgan fingerprint density at radius 2 is 2.00 bits per heavy atom. The number of rotatable bonds is 6. The summed E-state index contributed by atoms with van der Waals surface area (Å²) in [5, 5.41) is 7.05. The SMILES string of the molecule is CCOC1CC(NC(=NC)NC(C)COC)C12CCCCC2.I. The summed E-state index contributed by atoms with van der Waals surface area (Å²) in [5.74, 6) is 0.884. The number of halogens is 1. The number of hydrogen-bond acceptors (Lipinski definition) is 3. The molecule has 2 aliphatic carbocycles. The predicted molar refractivity (Wildman–Crippen MR) is 106 cm³/mol. The highest BCUT2D eigenvalue weighted by Crippen LogP contribution is 2.53. The highest BCUT2D eigenvalue weighted by atomic mass is 127. The van der Waals surface area contributed by atoms with Crippen LogP contribution in [0.1, 0.15) is 52.4 Å². The second-order valence-electron chi connectivity index (χ2n) is 6.74. The summed E-state index contributed by atoms with van der Waals surface area (Å²) in [6, 6.07) is 0.728. The minimum atomic E-state index is 0. The molecule has 0 radical (unpaired) electrons. The van der Waals surface area contributed by atoms with Crippen molar-refractivity contribution in [2.45, 2.75) is 70.6 Å². The molecule has 6 heteroatoms. The van der Waals surface area contributed by atoms with Gasteiger partial charge >= 0.3 is 0 Å². The first-order valence-corrected chi connectivity index (χ1v) is 8.76. The number of nitrogens with one attached hydrogen (secondary N) is 2. The normalized spacial score (nSPS) is 27.7. The largest absolute Gasteiger partial charge is 0.383 e. The third-order valence-electron chi connectivity index (χ3n) is 5.27. The molecule has 2 N–H and O–H groups in total. The van der Waals surface area contributed by atoms with Crippen LogP contribution in [0.15, 0.2) is 4.99 Å². The van der Waals surface area contributed by atoms with Gasteiger partial charge in [-0.15, -0.1) is 24.0 Å². The van der Waals surface area contributed by atoms with Crippen LogP contribution in [0, 0.1) is 5.41 Å². The molecule has 0 saturated heterocycles. The zero-order valence-electron chi connectivity index (χ0n) is 15.1. The molecule has 2 saturated carbocycles. The molecule has 5 nitrogen and oxygen atoms in total. The van der Waals surface area contributed by atoms with E-state index in [4.69, 9.17) is 9.47 Å². The maximum atomic E-state index is 6.02. The van der Waals surface area contributed by atoms with Crippen molar-refractivity contribution in [2.24, 2.45) is 10.4 Å². The highest BCUT2D eigenvalue weighted by molar-refractivity contribution is 14.0. The Morgan fingerprint density at radius 3 is 2.57 bits per heavy atom. The molecule has 0 aromatic rings. The van der Waals surface area contributed by atoms with Crippen LogP contribution in [0.3, 0.4) is 0 Å². The summed E-state index contributed by atoms with van der Waals surface area (Å²) >= 11 is 0. The fourth-order valence-corrected chi connectivity index (χ4v) is 4.13. The van der Waals surface area contributed by atoms with Crippen molar-refractivity contribution >= 4 is 29.9 Å². The van der Waals surface area contributed by atoms with Gasteiger partial charge in [0.2, 0.25) is 0 Å². The van der Waals surface area contributed by atoms with Gasteiger partial charge in [-0.25, -0.2) is 0 Å². The number of hydrogen-bond donors (Lipinski definition) is 2. The quantitative estimate of drug-likeness (QED) is 0.380. The summed E-state index contributed by atoms with van der Waals surface area (Å²) in [6.07, 6.45) is 8.09. The van der Waals surface area contributed by atoms with Crippen molar-refractivity contribution in [3.63, 3.8) is 0 Å². The molecule has 0 heterocycles. The fraction of sp³-hybridized carbons (Fsp3) is 0.941. The molecule has 0 aromatic heterocycles. The van der Waals surface area contributed by atoms with E-state index < -0.39 is 0 Å². The Kier molecular flexibility index (Phi) is 9.15. The monoisotopic (exact) mass is 439 g/mol. The van der Waals surface area contributed by atoms with Gasteiger partial charge in [-0.05, 0) is 33.1 Å². The van der Waals surface area contributed by atoms with Crippen LogP contribution in [0.5, 0.6) is 0 Å². The maximum Gasteiger partial charge on any atom is 0.191 e. The molecule has 0 aromatic carbocycles. The minimum Gasteiger partial charge on any atom is -0.383 e. The molecule has 136 valence electrons.